The van der Waals surface area contributed by atoms with Crippen LogP contribution in [0.4, 0.5) is 0 Å². The number of amides is 1. The van der Waals surface area contributed by atoms with E-state index in [1.807, 2.05) is 0 Å². The number of hydrogen-bond acceptors (Lipinski definition) is 2. The lowest BCUT2D eigenvalue weighted by molar-refractivity contribution is -0.133. The van der Waals surface area contributed by atoms with Crippen LogP contribution in [-0.2, 0) is 9.59 Å². The van der Waals surface area contributed by atoms with Crippen molar-refractivity contribution in [2.75, 3.05) is 0 Å². The zero-order chi connectivity index (χ0) is 10.6. The lowest BCUT2D eigenvalue weighted by atomic mass is 9.70. The van der Waals surface area contributed by atoms with Crippen LogP contribution in [-0.4, -0.2) is 11.7 Å². The summed E-state index contributed by atoms with van der Waals surface area (Å²) in [5.41, 5.74) is 4.80. The van der Waals surface area contributed by atoms with Gasteiger partial charge in [0, 0.05) is 6.42 Å². The maximum atomic E-state index is 11.4. The van der Waals surface area contributed by atoms with E-state index in [9.17, 15) is 9.59 Å². The summed E-state index contributed by atoms with van der Waals surface area (Å²) in [6, 6.07) is 0. The van der Waals surface area contributed by atoms with E-state index in [-0.39, 0.29) is 18.1 Å². The maximum Gasteiger partial charge on any atom is 0.224 e. The molecule has 0 spiro atoms. The average Bonchev–Trinajstić information content (AvgIpc) is 2.19. The molecule has 1 aliphatic rings. The van der Waals surface area contributed by atoms with E-state index < -0.39 is 5.41 Å². The normalized spacial score (nSPS) is 20.0. The zero-order valence-corrected chi connectivity index (χ0v) is 8.42. The van der Waals surface area contributed by atoms with Crippen molar-refractivity contribution in [3.05, 3.63) is 12.7 Å². The van der Waals surface area contributed by atoms with Crippen LogP contribution in [0.2, 0.25) is 0 Å². The Morgan fingerprint density at radius 1 is 1.29 bits per heavy atom. The first-order valence-corrected chi connectivity index (χ1v) is 5.06. The molecule has 0 atom stereocenters. The summed E-state index contributed by atoms with van der Waals surface area (Å²) >= 11 is 0. The van der Waals surface area contributed by atoms with Gasteiger partial charge in [-0.25, -0.2) is 0 Å². The van der Waals surface area contributed by atoms with Gasteiger partial charge in [-0.05, 0) is 18.9 Å². The van der Waals surface area contributed by atoms with Crippen molar-refractivity contribution in [3.8, 4) is 0 Å². The highest BCUT2D eigenvalue weighted by Crippen LogP contribution is 2.39. The SMILES string of the molecule is C=CC(=O)CC1(C(N)=O)CCCCC1. The van der Waals surface area contributed by atoms with Crippen LogP contribution in [0.15, 0.2) is 12.7 Å². The highest BCUT2D eigenvalue weighted by Gasteiger charge is 2.38. The van der Waals surface area contributed by atoms with Crippen molar-refractivity contribution < 1.29 is 9.59 Å². The van der Waals surface area contributed by atoms with Gasteiger partial charge in [0.15, 0.2) is 5.78 Å². The Bertz CT molecular complexity index is 252. The lowest BCUT2D eigenvalue weighted by Gasteiger charge is -2.33. The largest absolute Gasteiger partial charge is 0.369 e. The summed E-state index contributed by atoms with van der Waals surface area (Å²) in [5, 5.41) is 0. The van der Waals surface area contributed by atoms with Crippen molar-refractivity contribution in [3.63, 3.8) is 0 Å². The monoisotopic (exact) mass is 195 g/mol. The van der Waals surface area contributed by atoms with Crippen LogP contribution in [0.3, 0.4) is 0 Å². The summed E-state index contributed by atoms with van der Waals surface area (Å²) in [7, 11) is 0. The molecule has 1 rings (SSSR count). The summed E-state index contributed by atoms with van der Waals surface area (Å²) in [6.07, 6.45) is 6.15. The fourth-order valence-electron chi connectivity index (χ4n) is 2.14. The minimum absolute atomic E-state index is 0.0781. The van der Waals surface area contributed by atoms with E-state index >= 15 is 0 Å². The Morgan fingerprint density at radius 2 is 1.86 bits per heavy atom. The lowest BCUT2D eigenvalue weighted by Crippen LogP contribution is -2.40. The number of hydrogen-bond donors (Lipinski definition) is 1. The van der Waals surface area contributed by atoms with Crippen LogP contribution in [0.1, 0.15) is 38.5 Å². The predicted octanol–water partition coefficient (Wildman–Crippen LogP) is 1.57. The zero-order valence-electron chi connectivity index (χ0n) is 8.42. The maximum absolute atomic E-state index is 11.4. The second-order valence-electron chi connectivity index (χ2n) is 4.05. The van der Waals surface area contributed by atoms with Crippen LogP contribution in [0.5, 0.6) is 0 Å². The van der Waals surface area contributed by atoms with E-state index in [1.54, 1.807) is 0 Å². The van der Waals surface area contributed by atoms with E-state index in [2.05, 4.69) is 6.58 Å². The van der Waals surface area contributed by atoms with Gasteiger partial charge in [0.25, 0.3) is 0 Å². The summed E-state index contributed by atoms with van der Waals surface area (Å²) in [5.74, 6) is -0.405. The van der Waals surface area contributed by atoms with Crippen molar-refractivity contribution >= 4 is 11.7 Å². The summed E-state index contributed by atoms with van der Waals surface area (Å²) < 4.78 is 0. The van der Waals surface area contributed by atoms with Gasteiger partial charge >= 0.3 is 0 Å². The number of nitrogens with two attached hydrogens (primary N) is 1. The van der Waals surface area contributed by atoms with E-state index in [0.717, 1.165) is 32.1 Å². The molecule has 1 aliphatic carbocycles. The quantitative estimate of drug-likeness (QED) is 0.692. The molecule has 0 aromatic heterocycles. The molecule has 3 heteroatoms. The molecule has 2 N–H and O–H groups in total. The molecule has 0 aromatic rings. The second kappa shape index (κ2) is 4.40. The van der Waals surface area contributed by atoms with Gasteiger partial charge in [-0.1, -0.05) is 25.8 Å². The first-order chi connectivity index (χ1) is 6.60. The topological polar surface area (TPSA) is 60.2 Å². The highest BCUT2D eigenvalue weighted by atomic mass is 16.1. The molecule has 1 amide bonds. The number of carbonyl (C=O) groups is 2. The number of allylic oxidation sites excluding steroid dienone is 1. The fraction of sp³-hybridized carbons (Fsp3) is 0.636. The Hall–Kier alpha value is -1.12. The number of carbonyl (C=O) groups excluding carboxylic acids is 2. The van der Waals surface area contributed by atoms with Crippen LogP contribution in [0.25, 0.3) is 0 Å². The van der Waals surface area contributed by atoms with Gasteiger partial charge in [-0.15, -0.1) is 0 Å². The standard InChI is InChI=1S/C11H17NO2/c1-2-9(13)8-11(10(12)14)6-4-3-5-7-11/h2H,1,3-8H2,(H2,12,14). The molecule has 1 fully saturated rings. The number of primary amides is 1. The number of rotatable bonds is 4. The summed E-state index contributed by atoms with van der Waals surface area (Å²) in [6.45, 7) is 3.41. The van der Waals surface area contributed by atoms with Gasteiger partial charge in [0.1, 0.15) is 0 Å². The third-order valence-electron chi connectivity index (χ3n) is 3.07. The minimum Gasteiger partial charge on any atom is -0.369 e. The van der Waals surface area contributed by atoms with Crippen molar-refractivity contribution in [2.24, 2.45) is 11.1 Å². The number of ketones is 1. The Morgan fingerprint density at radius 3 is 2.29 bits per heavy atom. The third kappa shape index (κ3) is 2.22. The predicted molar refractivity (Wildman–Crippen MR) is 54.5 cm³/mol. The molecule has 3 nitrogen and oxygen atoms in total. The molecule has 0 unspecified atom stereocenters. The molecule has 0 aromatic carbocycles. The second-order valence-corrected chi connectivity index (χ2v) is 4.05. The Balaban J connectivity index is 2.75. The van der Waals surface area contributed by atoms with Crippen LogP contribution in [0, 0.1) is 5.41 Å². The molecule has 14 heavy (non-hydrogen) atoms. The molecule has 78 valence electrons. The minimum atomic E-state index is -0.580. The Kier molecular flexibility index (Phi) is 3.44. The molecule has 0 aliphatic heterocycles. The Labute approximate surface area is 84.4 Å². The molecule has 0 radical (unpaired) electrons. The molecule has 1 saturated carbocycles. The van der Waals surface area contributed by atoms with Gasteiger partial charge in [0.2, 0.25) is 5.91 Å². The molecular formula is C11H17NO2. The fourth-order valence-corrected chi connectivity index (χ4v) is 2.14. The van der Waals surface area contributed by atoms with E-state index in [1.165, 1.54) is 6.08 Å². The average molecular weight is 195 g/mol. The van der Waals surface area contributed by atoms with Crippen molar-refractivity contribution in [2.45, 2.75) is 38.5 Å². The van der Waals surface area contributed by atoms with Crippen LogP contribution >= 0.6 is 0 Å². The van der Waals surface area contributed by atoms with Gasteiger partial charge < -0.3 is 5.73 Å². The molecular weight excluding hydrogens is 178 g/mol. The van der Waals surface area contributed by atoms with Crippen molar-refractivity contribution in [1.82, 2.24) is 0 Å². The van der Waals surface area contributed by atoms with Gasteiger partial charge in [-0.2, -0.15) is 0 Å². The highest BCUT2D eigenvalue weighted by molar-refractivity contribution is 5.94. The summed E-state index contributed by atoms with van der Waals surface area (Å²) in [4.78, 5) is 22.6. The van der Waals surface area contributed by atoms with Crippen molar-refractivity contribution in [1.29, 1.82) is 0 Å². The smallest absolute Gasteiger partial charge is 0.224 e. The first kappa shape index (κ1) is 11.0. The molecule has 0 saturated heterocycles. The third-order valence-corrected chi connectivity index (χ3v) is 3.07. The van der Waals surface area contributed by atoms with Gasteiger partial charge in [0.05, 0.1) is 5.41 Å². The van der Waals surface area contributed by atoms with E-state index in [0.29, 0.717) is 0 Å². The molecule has 0 heterocycles. The van der Waals surface area contributed by atoms with Crippen LogP contribution < -0.4 is 5.73 Å². The van der Waals surface area contributed by atoms with Gasteiger partial charge in [-0.3, -0.25) is 9.59 Å². The molecule has 0 bridgehead atoms. The first-order valence-electron chi connectivity index (χ1n) is 5.06. The van der Waals surface area contributed by atoms with E-state index in [4.69, 9.17) is 5.73 Å².